The van der Waals surface area contributed by atoms with Crippen molar-refractivity contribution in [1.29, 1.82) is 0 Å². The van der Waals surface area contributed by atoms with E-state index in [4.69, 9.17) is 0 Å². The Balaban J connectivity index is 4.32. The Morgan fingerprint density at radius 3 is 2.36 bits per heavy atom. The van der Waals surface area contributed by atoms with Gasteiger partial charge < -0.3 is 0 Å². The molecule has 1 nitrogen and oxygen atoms in total. The maximum Gasteiger partial charge on any atom is 0.0378 e. The molecule has 0 amide bonds. The van der Waals surface area contributed by atoms with E-state index in [1.165, 1.54) is 4.48 Å². The van der Waals surface area contributed by atoms with E-state index in [0.29, 0.717) is 5.92 Å². The maximum atomic E-state index is 4.19. The Morgan fingerprint density at radius 1 is 1.55 bits per heavy atom. The zero-order valence-corrected chi connectivity index (χ0v) is 9.27. The first-order valence-corrected chi connectivity index (χ1v) is 4.73. The summed E-state index contributed by atoms with van der Waals surface area (Å²) in [7, 11) is 1.84. The third kappa shape index (κ3) is 4.35. The van der Waals surface area contributed by atoms with E-state index >= 15 is 0 Å². The molecule has 0 bridgehead atoms. The molecule has 0 N–H and O–H groups in total. The van der Waals surface area contributed by atoms with Crippen LogP contribution in [0.25, 0.3) is 0 Å². The lowest BCUT2D eigenvalue weighted by atomic mass is 10.1. The van der Waals surface area contributed by atoms with Crippen LogP contribution >= 0.6 is 15.9 Å². The second-order valence-electron chi connectivity index (χ2n) is 2.75. The summed E-state index contributed by atoms with van der Waals surface area (Å²) in [4.78, 5) is 4.19. The van der Waals surface area contributed by atoms with Gasteiger partial charge in [0.15, 0.2) is 0 Å². The van der Waals surface area contributed by atoms with Gasteiger partial charge in [0.2, 0.25) is 0 Å². The number of nitrogens with zero attached hydrogens (tertiary/aromatic N) is 1. The van der Waals surface area contributed by atoms with Gasteiger partial charge in [-0.25, -0.2) is 0 Å². The molecule has 2 heteroatoms. The van der Waals surface area contributed by atoms with E-state index < -0.39 is 0 Å². The monoisotopic (exact) mass is 217 g/mol. The molecule has 0 aromatic heterocycles. The molecule has 0 saturated heterocycles. The Morgan fingerprint density at radius 2 is 2.09 bits per heavy atom. The molecule has 0 radical (unpaired) electrons. The van der Waals surface area contributed by atoms with Crippen molar-refractivity contribution in [1.82, 2.24) is 0 Å². The normalized spacial score (nSPS) is 14.4. The molecule has 0 aliphatic rings. The fourth-order valence-corrected chi connectivity index (χ4v) is 0.986. The Kier molecular flexibility index (Phi) is 5.47. The number of hydrogen-bond donors (Lipinski definition) is 0. The molecule has 0 spiro atoms. The molecule has 11 heavy (non-hydrogen) atoms. The molecule has 0 fully saturated rings. The van der Waals surface area contributed by atoms with Crippen LogP contribution in [0.2, 0.25) is 0 Å². The minimum Gasteiger partial charge on any atom is -0.293 e. The zero-order valence-electron chi connectivity index (χ0n) is 7.69. The molecule has 0 aromatic rings. The van der Waals surface area contributed by atoms with Gasteiger partial charge in [-0.3, -0.25) is 4.99 Å². The Labute approximate surface area is 77.7 Å². The van der Waals surface area contributed by atoms with Crippen molar-refractivity contribution in [3.8, 4) is 0 Å². The number of allylic oxidation sites excluding steroid dienone is 2. The summed E-state index contributed by atoms with van der Waals surface area (Å²) in [6, 6.07) is 0. The standard InChI is InChI=1S/C9H16BrN/c1-5-8(10)6-9(11-4)7(2)3/h6-7H,5H2,1-4H3/b8-6+,11-9?. The summed E-state index contributed by atoms with van der Waals surface area (Å²) in [5.74, 6) is 0.513. The highest BCUT2D eigenvalue weighted by Crippen LogP contribution is 2.11. The van der Waals surface area contributed by atoms with Crippen molar-refractivity contribution in [3.05, 3.63) is 10.6 Å². The highest BCUT2D eigenvalue weighted by atomic mass is 79.9. The minimum absolute atomic E-state index is 0.513. The molecular formula is C9H16BrN. The number of halogens is 1. The van der Waals surface area contributed by atoms with Gasteiger partial charge in [-0.05, 0) is 22.9 Å². The highest BCUT2D eigenvalue weighted by molar-refractivity contribution is 9.11. The summed E-state index contributed by atoms with van der Waals surface area (Å²) in [6.07, 6.45) is 3.14. The van der Waals surface area contributed by atoms with E-state index in [1.807, 2.05) is 7.05 Å². The van der Waals surface area contributed by atoms with Crippen LogP contribution in [0.5, 0.6) is 0 Å². The molecule has 0 saturated carbocycles. The van der Waals surface area contributed by atoms with Crippen molar-refractivity contribution in [3.63, 3.8) is 0 Å². The highest BCUT2D eigenvalue weighted by Gasteiger charge is 2.00. The van der Waals surface area contributed by atoms with Gasteiger partial charge >= 0.3 is 0 Å². The fraction of sp³-hybridized carbons (Fsp3) is 0.667. The molecule has 0 aliphatic heterocycles. The third-order valence-electron chi connectivity index (χ3n) is 1.49. The Bertz CT molecular complexity index is 168. The first-order valence-electron chi connectivity index (χ1n) is 3.94. The van der Waals surface area contributed by atoms with E-state index in [2.05, 4.69) is 47.8 Å². The van der Waals surface area contributed by atoms with Gasteiger partial charge in [-0.2, -0.15) is 0 Å². The lowest BCUT2D eigenvalue weighted by molar-refractivity contribution is 0.885. The van der Waals surface area contributed by atoms with Gasteiger partial charge in [0.25, 0.3) is 0 Å². The van der Waals surface area contributed by atoms with Gasteiger partial charge in [0.05, 0.1) is 0 Å². The molecule has 64 valence electrons. The zero-order chi connectivity index (χ0) is 8.85. The number of hydrogen-bond acceptors (Lipinski definition) is 1. The quantitative estimate of drug-likeness (QED) is 0.643. The van der Waals surface area contributed by atoms with E-state index in [0.717, 1.165) is 12.1 Å². The second-order valence-corrected chi connectivity index (χ2v) is 3.77. The van der Waals surface area contributed by atoms with Gasteiger partial charge in [0, 0.05) is 12.8 Å². The van der Waals surface area contributed by atoms with Crippen LogP contribution in [0.3, 0.4) is 0 Å². The number of aliphatic imine (C=N–C) groups is 1. The average molecular weight is 218 g/mol. The average Bonchev–Trinajstić information content (AvgIpc) is 1.99. The summed E-state index contributed by atoms with van der Waals surface area (Å²) >= 11 is 3.47. The predicted molar refractivity (Wildman–Crippen MR) is 55.5 cm³/mol. The minimum atomic E-state index is 0.513. The van der Waals surface area contributed by atoms with Crippen LogP contribution < -0.4 is 0 Å². The van der Waals surface area contributed by atoms with Crippen molar-refractivity contribution in [2.75, 3.05) is 7.05 Å². The molecular weight excluding hydrogens is 202 g/mol. The summed E-state index contributed by atoms with van der Waals surface area (Å²) in [5, 5.41) is 0. The van der Waals surface area contributed by atoms with Crippen LogP contribution in [-0.4, -0.2) is 12.8 Å². The topological polar surface area (TPSA) is 12.4 Å². The second kappa shape index (κ2) is 5.53. The van der Waals surface area contributed by atoms with E-state index in [-0.39, 0.29) is 0 Å². The Hall–Kier alpha value is -0.110. The lowest BCUT2D eigenvalue weighted by Crippen LogP contribution is -2.03. The molecule has 0 aromatic carbocycles. The lowest BCUT2D eigenvalue weighted by Gasteiger charge is -2.04. The SMILES string of the molecule is CC/C(Br)=C\C(=NC)C(C)C. The van der Waals surface area contributed by atoms with Crippen LogP contribution in [-0.2, 0) is 0 Å². The first kappa shape index (κ1) is 10.9. The first-order chi connectivity index (χ1) is 5.11. The van der Waals surface area contributed by atoms with Crippen LogP contribution in [0.1, 0.15) is 27.2 Å². The van der Waals surface area contributed by atoms with Gasteiger partial charge in [-0.1, -0.05) is 36.7 Å². The molecule has 0 unspecified atom stereocenters. The summed E-state index contributed by atoms with van der Waals surface area (Å²) in [6.45, 7) is 6.41. The van der Waals surface area contributed by atoms with Crippen molar-refractivity contribution >= 4 is 21.6 Å². The maximum absolute atomic E-state index is 4.19. The van der Waals surface area contributed by atoms with E-state index in [9.17, 15) is 0 Å². The summed E-state index contributed by atoms with van der Waals surface area (Å²) < 4.78 is 1.21. The third-order valence-corrected chi connectivity index (χ3v) is 2.28. The molecule has 0 rings (SSSR count). The molecule has 0 aliphatic carbocycles. The van der Waals surface area contributed by atoms with Crippen LogP contribution in [0.15, 0.2) is 15.6 Å². The van der Waals surface area contributed by atoms with E-state index in [1.54, 1.807) is 0 Å². The molecule has 0 atom stereocenters. The van der Waals surface area contributed by atoms with Crippen molar-refractivity contribution < 1.29 is 0 Å². The van der Waals surface area contributed by atoms with Crippen molar-refractivity contribution in [2.24, 2.45) is 10.9 Å². The smallest absolute Gasteiger partial charge is 0.0378 e. The van der Waals surface area contributed by atoms with Crippen molar-refractivity contribution in [2.45, 2.75) is 27.2 Å². The van der Waals surface area contributed by atoms with Gasteiger partial charge in [0.1, 0.15) is 0 Å². The molecule has 0 heterocycles. The van der Waals surface area contributed by atoms with Gasteiger partial charge in [-0.15, -0.1) is 0 Å². The summed E-state index contributed by atoms with van der Waals surface area (Å²) in [5.41, 5.74) is 1.15. The number of rotatable bonds is 3. The van der Waals surface area contributed by atoms with Crippen LogP contribution in [0, 0.1) is 5.92 Å². The fourth-order valence-electron chi connectivity index (χ4n) is 0.752. The van der Waals surface area contributed by atoms with Crippen LogP contribution in [0.4, 0.5) is 0 Å². The largest absolute Gasteiger partial charge is 0.293 e. The predicted octanol–water partition coefficient (Wildman–Crippen LogP) is 3.40.